The van der Waals surface area contributed by atoms with Gasteiger partial charge in [-0.2, -0.15) is 0 Å². The summed E-state index contributed by atoms with van der Waals surface area (Å²) in [5, 5.41) is 12.0. The van der Waals surface area contributed by atoms with Gasteiger partial charge in [-0.1, -0.05) is 5.11 Å². The van der Waals surface area contributed by atoms with Crippen LogP contribution in [0.15, 0.2) is 17.2 Å². The molecule has 72 valence electrons. The van der Waals surface area contributed by atoms with Crippen LogP contribution in [0.3, 0.4) is 0 Å². The number of hydrogen-bond acceptors (Lipinski definition) is 3. The van der Waals surface area contributed by atoms with Crippen molar-refractivity contribution in [3.63, 3.8) is 0 Å². The van der Waals surface area contributed by atoms with E-state index < -0.39 is 5.97 Å². The van der Waals surface area contributed by atoms with Crippen LogP contribution in [0.25, 0.3) is 10.4 Å². The highest BCUT2D eigenvalue weighted by Gasteiger charge is 2.08. The first-order valence-corrected chi connectivity index (χ1v) is 3.74. The maximum absolute atomic E-state index is 10.6. The van der Waals surface area contributed by atoms with E-state index >= 15 is 0 Å². The van der Waals surface area contributed by atoms with Crippen molar-refractivity contribution in [3.05, 3.63) is 33.7 Å². The lowest BCUT2D eigenvalue weighted by molar-refractivity contribution is 0.0697. The largest absolute Gasteiger partial charge is 0.478 e. The van der Waals surface area contributed by atoms with Crippen LogP contribution in [0.2, 0.25) is 0 Å². The molecular formula is C8H8N4O2. The molecule has 0 spiro atoms. The molecule has 1 aromatic carbocycles. The Morgan fingerprint density at radius 3 is 2.79 bits per heavy atom. The SMILES string of the molecule is Cc1c(N)cc(C(=O)O)cc1N=[N+]=[N-]. The van der Waals surface area contributed by atoms with Gasteiger partial charge in [-0.15, -0.1) is 0 Å². The second-order valence-corrected chi connectivity index (χ2v) is 2.70. The minimum absolute atomic E-state index is 0.00972. The fourth-order valence-corrected chi connectivity index (χ4v) is 0.996. The number of benzene rings is 1. The number of nitrogens with zero attached hydrogens (tertiary/aromatic N) is 3. The highest BCUT2D eigenvalue weighted by atomic mass is 16.4. The fourth-order valence-electron chi connectivity index (χ4n) is 0.996. The van der Waals surface area contributed by atoms with Gasteiger partial charge in [0.15, 0.2) is 0 Å². The lowest BCUT2D eigenvalue weighted by atomic mass is 10.1. The molecule has 0 unspecified atom stereocenters. The zero-order valence-corrected chi connectivity index (χ0v) is 7.43. The van der Waals surface area contributed by atoms with Gasteiger partial charge in [0.25, 0.3) is 0 Å². The number of rotatable bonds is 2. The van der Waals surface area contributed by atoms with Gasteiger partial charge in [-0.3, -0.25) is 0 Å². The van der Waals surface area contributed by atoms with Crippen molar-refractivity contribution in [2.45, 2.75) is 6.92 Å². The molecule has 0 bridgehead atoms. The van der Waals surface area contributed by atoms with Crippen molar-refractivity contribution in [2.75, 3.05) is 5.73 Å². The molecule has 6 nitrogen and oxygen atoms in total. The molecule has 0 atom stereocenters. The highest BCUT2D eigenvalue weighted by Crippen LogP contribution is 2.26. The molecule has 0 aliphatic rings. The average Bonchev–Trinajstić information content (AvgIpc) is 2.12. The molecule has 6 heteroatoms. The third-order valence-corrected chi connectivity index (χ3v) is 1.82. The number of hydrogen-bond donors (Lipinski definition) is 2. The van der Waals surface area contributed by atoms with E-state index in [0.717, 1.165) is 0 Å². The monoisotopic (exact) mass is 192 g/mol. The maximum Gasteiger partial charge on any atom is 0.335 e. The molecule has 14 heavy (non-hydrogen) atoms. The molecule has 0 fully saturated rings. The van der Waals surface area contributed by atoms with Crippen LogP contribution in [-0.4, -0.2) is 11.1 Å². The standard InChI is InChI=1S/C8H8N4O2/c1-4-6(9)2-5(8(13)14)3-7(4)11-12-10/h2-3H,9H2,1H3,(H,13,14). The lowest BCUT2D eigenvalue weighted by Crippen LogP contribution is -1.99. The molecule has 0 radical (unpaired) electrons. The van der Waals surface area contributed by atoms with Crippen molar-refractivity contribution in [1.29, 1.82) is 0 Å². The lowest BCUT2D eigenvalue weighted by Gasteiger charge is -2.04. The van der Waals surface area contributed by atoms with Crippen molar-refractivity contribution in [1.82, 2.24) is 0 Å². The molecule has 1 rings (SSSR count). The van der Waals surface area contributed by atoms with Gasteiger partial charge < -0.3 is 10.8 Å². The van der Waals surface area contributed by atoms with E-state index in [9.17, 15) is 4.79 Å². The smallest absolute Gasteiger partial charge is 0.335 e. The Hall–Kier alpha value is -2.20. The summed E-state index contributed by atoms with van der Waals surface area (Å²) >= 11 is 0. The quantitative estimate of drug-likeness (QED) is 0.324. The van der Waals surface area contributed by atoms with Crippen LogP contribution >= 0.6 is 0 Å². The van der Waals surface area contributed by atoms with E-state index in [4.69, 9.17) is 16.4 Å². The first-order valence-electron chi connectivity index (χ1n) is 3.74. The van der Waals surface area contributed by atoms with E-state index in [1.54, 1.807) is 6.92 Å². The van der Waals surface area contributed by atoms with Crippen LogP contribution in [0.1, 0.15) is 15.9 Å². The molecule has 0 aliphatic heterocycles. The van der Waals surface area contributed by atoms with Gasteiger partial charge in [0, 0.05) is 16.3 Å². The normalized spacial score (nSPS) is 9.21. The highest BCUT2D eigenvalue weighted by molar-refractivity contribution is 5.90. The van der Waals surface area contributed by atoms with Crippen LogP contribution in [0, 0.1) is 6.92 Å². The van der Waals surface area contributed by atoms with Crippen LogP contribution in [-0.2, 0) is 0 Å². The fraction of sp³-hybridized carbons (Fsp3) is 0.125. The minimum atomic E-state index is -1.11. The number of anilines is 1. The van der Waals surface area contributed by atoms with Gasteiger partial charge >= 0.3 is 5.97 Å². The Bertz CT molecular complexity index is 435. The van der Waals surface area contributed by atoms with E-state index in [-0.39, 0.29) is 11.3 Å². The molecule has 0 saturated carbocycles. The Balaban J connectivity index is 3.42. The topological polar surface area (TPSA) is 112 Å². The summed E-state index contributed by atoms with van der Waals surface area (Å²) in [4.78, 5) is 13.2. The number of carboxylic acid groups (broad SMARTS) is 1. The van der Waals surface area contributed by atoms with E-state index in [1.807, 2.05) is 0 Å². The number of aromatic carboxylic acids is 1. The van der Waals surface area contributed by atoms with Crippen molar-refractivity contribution >= 4 is 17.3 Å². The van der Waals surface area contributed by atoms with Crippen molar-refractivity contribution in [2.24, 2.45) is 5.11 Å². The zero-order chi connectivity index (χ0) is 10.7. The molecular weight excluding hydrogens is 184 g/mol. The van der Waals surface area contributed by atoms with Gasteiger partial charge in [0.05, 0.1) is 5.56 Å². The van der Waals surface area contributed by atoms with Gasteiger partial charge in [0.2, 0.25) is 0 Å². The van der Waals surface area contributed by atoms with Crippen LogP contribution in [0.5, 0.6) is 0 Å². The predicted molar refractivity (Wildman–Crippen MR) is 51.4 cm³/mol. The number of azide groups is 1. The number of nitrogens with two attached hydrogens (primary N) is 1. The van der Waals surface area contributed by atoms with E-state index in [0.29, 0.717) is 11.3 Å². The Morgan fingerprint density at radius 1 is 1.64 bits per heavy atom. The summed E-state index contributed by atoms with van der Waals surface area (Å²) in [6.07, 6.45) is 0. The molecule has 3 N–H and O–H groups in total. The van der Waals surface area contributed by atoms with Gasteiger partial charge in [-0.05, 0) is 30.2 Å². The van der Waals surface area contributed by atoms with Gasteiger partial charge in [-0.25, -0.2) is 4.79 Å². The van der Waals surface area contributed by atoms with Crippen LogP contribution in [0.4, 0.5) is 11.4 Å². The molecule has 0 heterocycles. The second kappa shape index (κ2) is 3.68. The summed E-state index contributed by atoms with van der Waals surface area (Å²) < 4.78 is 0. The molecule has 0 saturated heterocycles. The number of carboxylic acids is 1. The Kier molecular flexibility index (Phi) is 2.59. The Labute approximate surface area is 79.6 Å². The van der Waals surface area contributed by atoms with E-state index in [2.05, 4.69) is 10.0 Å². The molecule has 1 aromatic rings. The predicted octanol–water partition coefficient (Wildman–Crippen LogP) is 2.22. The first-order chi connectivity index (χ1) is 6.56. The first kappa shape index (κ1) is 9.88. The van der Waals surface area contributed by atoms with Crippen molar-refractivity contribution in [3.8, 4) is 0 Å². The summed E-state index contributed by atoms with van der Waals surface area (Å²) in [6.45, 7) is 1.66. The summed E-state index contributed by atoms with van der Waals surface area (Å²) in [6, 6.07) is 2.61. The van der Waals surface area contributed by atoms with Gasteiger partial charge in [0.1, 0.15) is 0 Å². The maximum atomic E-state index is 10.6. The summed E-state index contributed by atoms with van der Waals surface area (Å²) in [7, 11) is 0. The summed E-state index contributed by atoms with van der Waals surface area (Å²) in [5.41, 5.74) is 14.9. The summed E-state index contributed by atoms with van der Waals surface area (Å²) in [5.74, 6) is -1.11. The molecule has 0 aliphatic carbocycles. The Morgan fingerprint density at radius 2 is 2.29 bits per heavy atom. The average molecular weight is 192 g/mol. The van der Waals surface area contributed by atoms with Crippen LogP contribution < -0.4 is 5.73 Å². The third-order valence-electron chi connectivity index (χ3n) is 1.82. The zero-order valence-electron chi connectivity index (χ0n) is 7.43. The third kappa shape index (κ3) is 1.75. The molecule has 0 aromatic heterocycles. The van der Waals surface area contributed by atoms with E-state index in [1.165, 1.54) is 12.1 Å². The number of carbonyl (C=O) groups is 1. The minimum Gasteiger partial charge on any atom is -0.478 e. The molecule has 0 amide bonds. The van der Waals surface area contributed by atoms with Crippen molar-refractivity contribution < 1.29 is 9.90 Å². The number of nitrogen functional groups attached to an aromatic ring is 1. The second-order valence-electron chi connectivity index (χ2n) is 2.70.